The van der Waals surface area contributed by atoms with Gasteiger partial charge in [0, 0.05) is 0 Å². The molecule has 25 heavy (non-hydrogen) atoms. The van der Waals surface area contributed by atoms with E-state index in [1.807, 2.05) is 97.2 Å². The fourth-order valence-electron chi connectivity index (χ4n) is 1.86. The Morgan fingerprint density at radius 2 is 0.440 bits per heavy atom. The van der Waals surface area contributed by atoms with E-state index < -0.39 is 0 Å². The Labute approximate surface area is 153 Å². The molecule has 0 aliphatic heterocycles. The average Bonchev–Trinajstić information content (AvgIpc) is 2.62. The third-order valence-electron chi connectivity index (χ3n) is 3.12. The quantitative estimate of drug-likeness (QED) is 0.438. The zero-order valence-corrected chi connectivity index (χ0v) is 14.8. The van der Waals surface area contributed by atoms with Crippen LogP contribution < -0.4 is 0 Å². The Balaban J connectivity index is 2.57. The van der Waals surface area contributed by atoms with Crippen LogP contribution in [0.5, 0.6) is 0 Å². The summed E-state index contributed by atoms with van der Waals surface area (Å²) in [7, 11) is 0. The summed E-state index contributed by atoms with van der Waals surface area (Å²) in [4.78, 5) is 0. The molecule has 0 saturated carbocycles. The van der Waals surface area contributed by atoms with Crippen molar-refractivity contribution in [3.63, 3.8) is 0 Å². The molecule has 0 nitrogen and oxygen atoms in total. The summed E-state index contributed by atoms with van der Waals surface area (Å²) in [6.45, 7) is 0. The van der Waals surface area contributed by atoms with Gasteiger partial charge < -0.3 is 0 Å². The van der Waals surface area contributed by atoms with Gasteiger partial charge in [-0.05, 0) is 19.3 Å². The summed E-state index contributed by atoms with van der Waals surface area (Å²) in [5.74, 6) is 0. The normalized spacial score (nSPS) is 29.8. The van der Waals surface area contributed by atoms with E-state index in [-0.39, 0.29) is 0 Å². The highest BCUT2D eigenvalue weighted by Gasteiger charge is 1.78. The molecule has 0 radical (unpaired) electrons. The molecule has 1 aliphatic rings. The smallest absolute Gasteiger partial charge is 0.0345 e. The maximum Gasteiger partial charge on any atom is -0.0345 e. The van der Waals surface area contributed by atoms with Gasteiger partial charge in [0.2, 0.25) is 0 Å². The first kappa shape index (κ1) is 20.2. The van der Waals surface area contributed by atoms with Crippen molar-refractivity contribution in [1.82, 2.24) is 0 Å². The molecular weight excluding hydrogens is 300 g/mol. The van der Waals surface area contributed by atoms with Crippen molar-refractivity contribution >= 4 is 0 Å². The van der Waals surface area contributed by atoms with Crippen molar-refractivity contribution in [3.05, 3.63) is 134 Å². The number of hydrogen-bond donors (Lipinski definition) is 0. The maximum absolute atomic E-state index is 2.21. The Morgan fingerprint density at radius 1 is 0.240 bits per heavy atom. The molecule has 0 aromatic rings. The number of hydrogen-bond acceptors (Lipinski definition) is 0. The first-order valence-corrected chi connectivity index (χ1v) is 8.82. The second-order valence-corrected chi connectivity index (χ2v) is 5.25. The van der Waals surface area contributed by atoms with Gasteiger partial charge in [-0.3, -0.25) is 0 Å². The van der Waals surface area contributed by atoms with Gasteiger partial charge in [-0.2, -0.15) is 0 Å². The lowest BCUT2D eigenvalue weighted by Gasteiger charge is -1.88. The minimum atomic E-state index is 1.11. The van der Waals surface area contributed by atoms with Crippen molar-refractivity contribution in [1.29, 1.82) is 0 Å². The standard InChI is InChI=1S/C25H28/c1-2-4-6-8-10-12-14-16-18-20-22-24-25-23-21-19-17-15-13-11-9-7-5-3-1/h1-22H,23-25H2/b2-1-,5-3+,6-4+,9-7-,10-8+,13-11-,14-12-,17-15+,18-16+,21-19?,22-20+. The predicted molar refractivity (Wildman–Crippen MR) is 114 cm³/mol. The van der Waals surface area contributed by atoms with Gasteiger partial charge in [0.15, 0.2) is 0 Å². The molecule has 1 rings (SSSR count). The first-order valence-electron chi connectivity index (χ1n) is 8.82. The molecule has 0 N–H and O–H groups in total. The van der Waals surface area contributed by atoms with Crippen LogP contribution in [-0.2, 0) is 0 Å². The lowest BCUT2D eigenvalue weighted by Crippen LogP contribution is -1.68. The minimum Gasteiger partial charge on any atom is -0.0845 e. The van der Waals surface area contributed by atoms with Gasteiger partial charge in [0.05, 0.1) is 0 Å². The fraction of sp³-hybridized carbons (Fsp3) is 0.120. The Bertz CT molecular complexity index is 580. The van der Waals surface area contributed by atoms with Crippen LogP contribution in [0, 0.1) is 0 Å². The topological polar surface area (TPSA) is 0 Å². The Kier molecular flexibility index (Phi) is 14.1. The molecule has 1 aliphatic carbocycles. The largest absolute Gasteiger partial charge is 0.0845 e. The van der Waals surface area contributed by atoms with Crippen molar-refractivity contribution in [2.45, 2.75) is 19.3 Å². The fourth-order valence-corrected chi connectivity index (χ4v) is 1.86. The summed E-state index contributed by atoms with van der Waals surface area (Å²) in [5, 5.41) is 0. The third kappa shape index (κ3) is 15.8. The number of allylic oxidation sites excluding steroid dienone is 22. The number of rotatable bonds is 0. The van der Waals surface area contributed by atoms with E-state index in [4.69, 9.17) is 0 Å². The SMILES string of the molecule is C1=CCCC/C=C/C=C/C=C\C=C\C=C\C=C/C=C/C=C\C=C/C=C/1. The van der Waals surface area contributed by atoms with Crippen LogP contribution in [0.4, 0.5) is 0 Å². The second kappa shape index (κ2) is 17.5. The molecule has 0 aromatic heterocycles. The van der Waals surface area contributed by atoms with E-state index in [0.717, 1.165) is 12.8 Å². The van der Waals surface area contributed by atoms with Gasteiger partial charge >= 0.3 is 0 Å². The van der Waals surface area contributed by atoms with E-state index in [1.165, 1.54) is 6.42 Å². The van der Waals surface area contributed by atoms with Gasteiger partial charge in [0.25, 0.3) is 0 Å². The highest BCUT2D eigenvalue weighted by molar-refractivity contribution is 5.22. The van der Waals surface area contributed by atoms with Crippen molar-refractivity contribution in [2.75, 3.05) is 0 Å². The molecule has 0 bridgehead atoms. The lowest BCUT2D eigenvalue weighted by molar-refractivity contribution is 0.868. The predicted octanol–water partition coefficient (Wildman–Crippen LogP) is 7.29. The van der Waals surface area contributed by atoms with Crippen LogP contribution in [0.1, 0.15) is 19.3 Å². The van der Waals surface area contributed by atoms with Crippen molar-refractivity contribution in [3.8, 4) is 0 Å². The highest BCUT2D eigenvalue weighted by Crippen LogP contribution is 1.98. The molecule has 0 spiro atoms. The Morgan fingerprint density at radius 3 is 0.680 bits per heavy atom. The average molecular weight is 328 g/mol. The summed E-state index contributed by atoms with van der Waals surface area (Å²) in [5.41, 5.74) is 0. The van der Waals surface area contributed by atoms with E-state index in [1.54, 1.807) is 0 Å². The molecule has 0 saturated heterocycles. The molecule has 0 heterocycles. The lowest BCUT2D eigenvalue weighted by atomic mass is 10.2. The molecule has 0 atom stereocenters. The van der Waals surface area contributed by atoms with Crippen LogP contribution >= 0.6 is 0 Å². The molecule has 0 fully saturated rings. The van der Waals surface area contributed by atoms with Crippen LogP contribution in [0.15, 0.2) is 134 Å². The van der Waals surface area contributed by atoms with E-state index >= 15 is 0 Å². The summed E-state index contributed by atoms with van der Waals surface area (Å²) in [6, 6.07) is 0. The molecule has 0 aromatic carbocycles. The van der Waals surface area contributed by atoms with Gasteiger partial charge in [-0.15, -0.1) is 0 Å². The summed E-state index contributed by atoms with van der Waals surface area (Å²) in [6.07, 6.45) is 48.5. The van der Waals surface area contributed by atoms with E-state index in [2.05, 4.69) is 36.5 Å². The molecular formula is C25H28. The molecule has 0 heteroatoms. The maximum atomic E-state index is 2.21. The Hall–Kier alpha value is -2.86. The van der Waals surface area contributed by atoms with Crippen LogP contribution in [-0.4, -0.2) is 0 Å². The van der Waals surface area contributed by atoms with Crippen molar-refractivity contribution < 1.29 is 0 Å². The van der Waals surface area contributed by atoms with Crippen molar-refractivity contribution in [2.24, 2.45) is 0 Å². The second-order valence-electron chi connectivity index (χ2n) is 5.25. The zero-order chi connectivity index (χ0) is 17.7. The van der Waals surface area contributed by atoms with E-state index in [9.17, 15) is 0 Å². The minimum absolute atomic E-state index is 1.11. The van der Waals surface area contributed by atoms with Crippen LogP contribution in [0.3, 0.4) is 0 Å². The zero-order valence-electron chi connectivity index (χ0n) is 14.8. The summed E-state index contributed by atoms with van der Waals surface area (Å²) >= 11 is 0. The van der Waals surface area contributed by atoms with Crippen LogP contribution in [0.2, 0.25) is 0 Å². The third-order valence-corrected chi connectivity index (χ3v) is 3.12. The molecule has 128 valence electrons. The first-order chi connectivity index (χ1) is 12.5. The summed E-state index contributed by atoms with van der Waals surface area (Å²) < 4.78 is 0. The molecule has 0 unspecified atom stereocenters. The highest BCUT2D eigenvalue weighted by atomic mass is 13.8. The molecule has 0 amide bonds. The van der Waals surface area contributed by atoms with Crippen LogP contribution in [0.25, 0.3) is 0 Å². The van der Waals surface area contributed by atoms with Gasteiger partial charge in [-0.1, -0.05) is 134 Å². The van der Waals surface area contributed by atoms with E-state index in [0.29, 0.717) is 0 Å². The van der Waals surface area contributed by atoms with Gasteiger partial charge in [0.1, 0.15) is 0 Å². The monoisotopic (exact) mass is 328 g/mol. The van der Waals surface area contributed by atoms with Gasteiger partial charge in [-0.25, -0.2) is 0 Å².